The topological polar surface area (TPSA) is 179 Å². The molecule has 5 aliphatic heterocycles. The minimum atomic E-state index is 0.740. The van der Waals surface area contributed by atoms with E-state index in [0.29, 0.717) is 0 Å². The molecule has 0 unspecified atom stereocenters. The van der Waals surface area contributed by atoms with Gasteiger partial charge < -0.3 is 24.3 Å². The number of aryl methyl sites for hydroxylation is 4. The second kappa shape index (κ2) is 49.8. The van der Waals surface area contributed by atoms with E-state index in [0.717, 1.165) is 138 Å². The summed E-state index contributed by atoms with van der Waals surface area (Å²) < 4.78 is 16.1. The lowest BCUT2D eigenvalue weighted by molar-refractivity contribution is 0.183. The first-order valence-electron chi connectivity index (χ1n) is 52.9. The number of nitrogens with zero attached hydrogens (tertiary/aromatic N) is 20. The summed E-state index contributed by atoms with van der Waals surface area (Å²) in [5, 5.41) is 14.2. The van der Waals surface area contributed by atoms with Gasteiger partial charge in [-0.1, -0.05) is 172 Å². The lowest BCUT2D eigenvalue weighted by Crippen LogP contribution is -2.33. The fraction of sp³-hybridized carbons (Fsp3) is 0.322. The van der Waals surface area contributed by atoms with E-state index in [1.807, 2.05) is 105 Å². The Balaban J connectivity index is 0.000000107. The van der Waals surface area contributed by atoms with Gasteiger partial charge in [-0.05, 0) is 358 Å². The molecule has 0 atom stereocenters. The Bertz CT molecular complexity index is 6690. The average molecular weight is 2010 g/mol. The van der Waals surface area contributed by atoms with Crippen LogP contribution in [-0.4, -0.2) is 202 Å². The van der Waals surface area contributed by atoms with Crippen LogP contribution < -0.4 is 4.74 Å². The van der Waals surface area contributed by atoms with Gasteiger partial charge in [-0.2, -0.15) is 22.7 Å². The van der Waals surface area contributed by atoms with Gasteiger partial charge in [0, 0.05) is 81.4 Å². The summed E-state index contributed by atoms with van der Waals surface area (Å²) in [6.07, 6.45) is 48.9. The van der Waals surface area contributed by atoms with E-state index in [2.05, 4.69) is 288 Å². The Kier molecular flexibility index (Phi) is 33.7. The summed E-state index contributed by atoms with van der Waals surface area (Å²) in [6, 6.07) is 78.1. The second-order valence-electron chi connectivity index (χ2n) is 39.2. The number of rotatable bonds is 30. The Hall–Kier alpha value is -13.2. The van der Waals surface area contributed by atoms with Crippen LogP contribution in [0.3, 0.4) is 0 Å². The van der Waals surface area contributed by atoms with Crippen molar-refractivity contribution in [1.82, 2.24) is 97.2 Å². The number of imidazole rings is 5. The van der Waals surface area contributed by atoms with Crippen LogP contribution in [0.1, 0.15) is 144 Å². The number of pyridine rings is 3. The molecule has 8 aromatic carbocycles. The van der Waals surface area contributed by atoms with Gasteiger partial charge in [-0.25, -0.2) is 49.8 Å². The van der Waals surface area contributed by atoms with E-state index in [1.165, 1.54) is 281 Å². The third kappa shape index (κ3) is 25.7. The van der Waals surface area contributed by atoms with Crippen molar-refractivity contribution in [1.29, 1.82) is 0 Å². The highest BCUT2D eigenvalue weighted by atomic mass is 32.1. The molecule has 5 aliphatic rings. The number of para-hydroxylation sites is 1. The molecular formula is C121H130N20OS4. The molecule has 0 aliphatic carbocycles. The maximum Gasteiger partial charge on any atom is 0.196 e. The van der Waals surface area contributed by atoms with Crippen LogP contribution in [-0.2, 0) is 25.7 Å². The van der Waals surface area contributed by atoms with Crippen LogP contribution in [0.2, 0.25) is 0 Å². The summed E-state index contributed by atoms with van der Waals surface area (Å²) in [5.41, 5.74) is 30.4. The zero-order valence-corrected chi connectivity index (χ0v) is 86.9. The molecule has 12 aromatic heterocycles. The first-order chi connectivity index (χ1) is 72.3. The van der Waals surface area contributed by atoms with Gasteiger partial charge in [0.1, 0.15) is 60.5 Å². The number of hydrogen-bond acceptors (Lipinski definition) is 20. The number of fused-ring (bicyclic) bond motifs is 5. The molecule has 0 amide bonds. The van der Waals surface area contributed by atoms with Crippen molar-refractivity contribution in [3.8, 4) is 88.7 Å². The Morgan fingerprint density at radius 3 is 0.945 bits per heavy atom. The minimum Gasteiger partial charge on any atom is -0.492 e. The van der Waals surface area contributed by atoms with Gasteiger partial charge in [-0.3, -0.25) is 27.7 Å². The number of aromatic nitrogens is 15. The van der Waals surface area contributed by atoms with Gasteiger partial charge in [0.15, 0.2) is 27.2 Å². The minimum absolute atomic E-state index is 0.740. The van der Waals surface area contributed by atoms with Crippen molar-refractivity contribution in [2.24, 2.45) is 0 Å². The molecule has 5 saturated heterocycles. The van der Waals surface area contributed by atoms with E-state index in [1.54, 1.807) is 57.9 Å². The number of piperidine rings is 5. The van der Waals surface area contributed by atoms with Gasteiger partial charge in [0.25, 0.3) is 0 Å². The van der Waals surface area contributed by atoms with Crippen molar-refractivity contribution in [2.75, 3.05) is 105 Å². The van der Waals surface area contributed by atoms with Crippen molar-refractivity contribution >= 4 is 101 Å². The molecule has 0 saturated carbocycles. The quantitative estimate of drug-likeness (QED) is 0.0415. The van der Waals surface area contributed by atoms with E-state index >= 15 is 0 Å². The predicted molar refractivity (Wildman–Crippen MR) is 603 cm³/mol. The highest BCUT2D eigenvalue weighted by molar-refractivity contribution is 7.12. The van der Waals surface area contributed by atoms with Crippen LogP contribution in [0.4, 0.5) is 0 Å². The highest BCUT2D eigenvalue weighted by Crippen LogP contribution is 2.35. The first-order valence-corrected chi connectivity index (χ1v) is 56.5. The molecule has 0 spiro atoms. The molecule has 0 bridgehead atoms. The van der Waals surface area contributed by atoms with E-state index in [4.69, 9.17) is 9.72 Å². The summed E-state index contributed by atoms with van der Waals surface area (Å²) in [6.45, 7) is 19.4. The Morgan fingerprint density at radius 1 is 0.247 bits per heavy atom. The molecule has 5 fully saturated rings. The summed E-state index contributed by atoms with van der Waals surface area (Å²) in [7, 11) is 0. The number of ether oxygens (including phenoxy) is 1. The van der Waals surface area contributed by atoms with Crippen molar-refractivity contribution in [3.05, 3.63) is 336 Å². The van der Waals surface area contributed by atoms with Gasteiger partial charge >= 0.3 is 0 Å². The zero-order valence-electron chi connectivity index (χ0n) is 83.6. The monoisotopic (exact) mass is 2010 g/mol. The molecule has 21 nitrogen and oxygen atoms in total. The van der Waals surface area contributed by atoms with Crippen LogP contribution in [0.5, 0.6) is 5.75 Å². The maximum absolute atomic E-state index is 5.95. The maximum atomic E-state index is 5.95. The summed E-state index contributed by atoms with van der Waals surface area (Å²) in [4.78, 5) is 58.6. The van der Waals surface area contributed by atoms with Gasteiger partial charge in [0.05, 0.1) is 33.4 Å². The fourth-order valence-corrected chi connectivity index (χ4v) is 23.4. The third-order valence-corrected chi connectivity index (χ3v) is 32.0. The molecule has 25 heteroatoms. The lowest BCUT2D eigenvalue weighted by Gasteiger charge is -2.26. The number of thiophene rings is 2. The molecule has 0 N–H and O–H groups in total. The summed E-state index contributed by atoms with van der Waals surface area (Å²) in [5.74, 6) is 0.915. The molecule has 146 heavy (non-hydrogen) atoms. The molecular weight excluding hydrogens is 1880 g/mol. The standard InChI is InChI=1S/C25H26N4O.C25H27N3S.2C24H26N4S.C23H25N5S/c1-3-7-22(8-4-1)29-19-27-24-17-21(18-26-25(24)29)20-9-11-23(12-10-20)30-16-15-28-13-5-2-6-14-28;1-2-13-27(14-3-1)15-4-5-20-6-8-21(9-7-20)22-10-11-25-24(17-22)26-19-28(25)23-12-16-29-18-23;1-2-13-27(14-3-1)15-4-5-19-6-8-20(9-7-19)21-10-11-23-22(17-21)26-18-28(23)24-25-12-16-29-24;1-2-11-27(12-3-1)13-4-5-19-6-8-20(9-7-19)21-15-23-24(25-16-21)28(18-26-23)22-10-14-29-17-22;1-2-11-27(12-3-1)13-4-5-18-6-8-19(9-7-18)20-15-21-22(25-16-20)28(17-26-21)23-24-10-14-29-23/h1,3-4,7-12,17-19H,2,5-6,13-16H2;6-12,16-19H,1-5,13-15H2;6-12,16-18H,1-5,13-15H2;6-10,14-18H,1-5,11-13H2;6-10,14-17H,1-5,11-13H2. The smallest absolute Gasteiger partial charge is 0.196 e. The molecule has 0 radical (unpaired) electrons. The zero-order chi connectivity index (χ0) is 98.0. The molecule has 17 heterocycles. The number of likely N-dealkylation sites (tertiary alicyclic amines) is 5. The van der Waals surface area contributed by atoms with Crippen LogP contribution in [0.25, 0.3) is 139 Å². The number of benzene rings is 8. The molecule has 25 rings (SSSR count). The van der Waals surface area contributed by atoms with E-state index < -0.39 is 0 Å². The molecule has 744 valence electrons. The normalized spacial score (nSPS) is 15.1. The third-order valence-electron chi connectivity index (χ3n) is 29.1. The Labute approximate surface area is 873 Å². The lowest BCUT2D eigenvalue weighted by atomic mass is 10.0. The van der Waals surface area contributed by atoms with Crippen LogP contribution >= 0.6 is 45.3 Å². The first kappa shape index (κ1) is 98.8. The number of thiazole rings is 2. The van der Waals surface area contributed by atoms with Gasteiger partial charge in [-0.15, -0.1) is 22.7 Å². The molecule has 20 aromatic rings. The van der Waals surface area contributed by atoms with Crippen LogP contribution in [0, 0.1) is 0 Å². The van der Waals surface area contributed by atoms with Crippen molar-refractivity contribution in [2.45, 2.75) is 148 Å². The largest absolute Gasteiger partial charge is 0.492 e. The highest BCUT2D eigenvalue weighted by Gasteiger charge is 2.21. The summed E-state index contributed by atoms with van der Waals surface area (Å²) >= 11 is 6.60. The fourth-order valence-electron chi connectivity index (χ4n) is 20.9. The van der Waals surface area contributed by atoms with E-state index in [-0.39, 0.29) is 0 Å². The van der Waals surface area contributed by atoms with Crippen LogP contribution in [0.15, 0.2) is 313 Å². The van der Waals surface area contributed by atoms with E-state index in [9.17, 15) is 0 Å². The van der Waals surface area contributed by atoms with Gasteiger partial charge in [0.2, 0.25) is 0 Å². The second-order valence-corrected chi connectivity index (χ2v) is 42.5. The average Bonchev–Trinajstić information content (AvgIpc) is 1.64. The number of hydrogen-bond donors (Lipinski definition) is 0. The Morgan fingerprint density at radius 2 is 0.562 bits per heavy atom. The predicted octanol–water partition coefficient (Wildman–Crippen LogP) is 27.2. The SMILES string of the molecule is c1cc(-n2cnc3cc(-c4ccc(CCCN5CCCCC5)cc4)ccc32)cs1.c1cc(-n2cnc3cc(-c4ccc(CCCN5CCCCC5)cc4)cnc32)cs1.c1ccc(-n2cnc3cc(-c4ccc(OCCN5CCCCC5)cc4)cnc32)cc1.c1csc(-n2cnc3cc(-c4ccc(CCCN5CCCCC5)cc4)ccc32)n1.c1csc(-n2cnc3cc(-c4ccc(CCCN5CCCCC5)cc4)cnc32)n1. The van der Waals surface area contributed by atoms with Crippen molar-refractivity contribution in [3.63, 3.8) is 0 Å². The van der Waals surface area contributed by atoms with Crippen molar-refractivity contribution < 1.29 is 4.74 Å².